The van der Waals surface area contributed by atoms with Crippen LogP contribution in [0, 0.1) is 0 Å². The van der Waals surface area contributed by atoms with Gasteiger partial charge in [0.2, 0.25) is 0 Å². The Balaban J connectivity index is 2.14. The van der Waals surface area contributed by atoms with E-state index < -0.39 is 0 Å². The maximum Gasteiger partial charge on any atom is 0.0490 e. The van der Waals surface area contributed by atoms with Gasteiger partial charge < -0.3 is 10.2 Å². The molecule has 1 unspecified atom stereocenters. The number of H-pyrrole nitrogens is 1. The van der Waals surface area contributed by atoms with Gasteiger partial charge in [0.25, 0.3) is 0 Å². The lowest BCUT2D eigenvalue weighted by Gasteiger charge is -2.19. The lowest BCUT2D eigenvalue weighted by Crippen LogP contribution is -2.35. The first-order valence-electron chi connectivity index (χ1n) is 4.55. The second-order valence-electron chi connectivity index (χ2n) is 3.53. The van der Waals surface area contributed by atoms with Crippen molar-refractivity contribution < 1.29 is 0 Å². The lowest BCUT2D eigenvalue weighted by molar-refractivity contribution is 0.302. The van der Waals surface area contributed by atoms with Crippen molar-refractivity contribution in [1.29, 1.82) is 0 Å². The van der Waals surface area contributed by atoms with Crippen LogP contribution in [-0.4, -0.2) is 41.8 Å². The van der Waals surface area contributed by atoms with E-state index in [1.165, 1.54) is 0 Å². The molecule has 0 fully saturated rings. The molecule has 1 aromatic rings. The Bertz CT molecular complexity index is 218. The van der Waals surface area contributed by atoms with E-state index >= 15 is 0 Å². The molecule has 0 saturated carbocycles. The number of hydrogen-bond donors (Lipinski definition) is 2. The molecular formula is C9H18N4. The summed E-state index contributed by atoms with van der Waals surface area (Å²) in [6.45, 7) is 4.05. The first kappa shape index (κ1) is 10.2. The molecule has 74 valence electrons. The molecule has 2 N–H and O–H groups in total. The van der Waals surface area contributed by atoms with Crippen molar-refractivity contribution in [1.82, 2.24) is 20.4 Å². The number of likely N-dealkylation sites (N-methyl/N-ethyl adjacent to an activating group) is 1. The monoisotopic (exact) mass is 182 g/mol. The average Bonchev–Trinajstić information content (AvgIpc) is 2.56. The van der Waals surface area contributed by atoms with E-state index in [1.54, 1.807) is 6.20 Å². The van der Waals surface area contributed by atoms with Crippen molar-refractivity contribution in [3.8, 4) is 0 Å². The zero-order valence-electron chi connectivity index (χ0n) is 8.54. The fourth-order valence-corrected chi connectivity index (χ4v) is 0.981. The minimum atomic E-state index is 0.558. The van der Waals surface area contributed by atoms with E-state index in [1.807, 2.05) is 6.07 Å². The normalized spacial score (nSPS) is 13.5. The van der Waals surface area contributed by atoms with Crippen molar-refractivity contribution in [2.75, 3.05) is 20.6 Å². The van der Waals surface area contributed by atoms with Gasteiger partial charge in [-0.1, -0.05) is 0 Å². The van der Waals surface area contributed by atoms with E-state index in [2.05, 4.69) is 41.4 Å². The number of rotatable bonds is 5. The molecule has 0 spiro atoms. The fraction of sp³-hybridized carbons (Fsp3) is 0.667. The Morgan fingerprint density at radius 1 is 1.62 bits per heavy atom. The topological polar surface area (TPSA) is 44.0 Å². The number of nitrogens with zero attached hydrogens (tertiary/aromatic N) is 2. The summed E-state index contributed by atoms with van der Waals surface area (Å²) in [7, 11) is 4.17. The molecule has 4 nitrogen and oxygen atoms in total. The zero-order chi connectivity index (χ0) is 9.68. The SMILES string of the molecule is CC(CNCc1ccn[nH]1)N(C)C. The zero-order valence-corrected chi connectivity index (χ0v) is 8.54. The number of aromatic amines is 1. The molecule has 1 aromatic heterocycles. The van der Waals surface area contributed by atoms with Crippen LogP contribution in [-0.2, 0) is 6.54 Å². The lowest BCUT2D eigenvalue weighted by atomic mass is 10.3. The molecule has 1 atom stereocenters. The molecule has 0 aliphatic heterocycles. The minimum absolute atomic E-state index is 0.558. The van der Waals surface area contributed by atoms with Gasteiger partial charge in [0.1, 0.15) is 0 Å². The summed E-state index contributed by atoms with van der Waals surface area (Å²) < 4.78 is 0. The summed E-state index contributed by atoms with van der Waals surface area (Å²) in [5.74, 6) is 0. The highest BCUT2D eigenvalue weighted by Crippen LogP contribution is 1.92. The van der Waals surface area contributed by atoms with Gasteiger partial charge in [-0.3, -0.25) is 5.10 Å². The third kappa shape index (κ3) is 3.57. The fourth-order valence-electron chi connectivity index (χ4n) is 0.981. The molecule has 0 radical (unpaired) electrons. The predicted octanol–water partition coefficient (Wildman–Crippen LogP) is 0.449. The Morgan fingerprint density at radius 3 is 2.92 bits per heavy atom. The quantitative estimate of drug-likeness (QED) is 0.695. The van der Waals surface area contributed by atoms with Crippen LogP contribution < -0.4 is 5.32 Å². The number of nitrogens with one attached hydrogen (secondary N) is 2. The van der Waals surface area contributed by atoms with E-state index in [9.17, 15) is 0 Å². The number of hydrogen-bond acceptors (Lipinski definition) is 3. The number of aromatic nitrogens is 2. The first-order valence-corrected chi connectivity index (χ1v) is 4.55. The Labute approximate surface area is 79.3 Å². The molecule has 1 rings (SSSR count). The van der Waals surface area contributed by atoms with Crippen LogP contribution >= 0.6 is 0 Å². The van der Waals surface area contributed by atoms with Crippen molar-refractivity contribution in [2.45, 2.75) is 19.5 Å². The maximum atomic E-state index is 3.88. The first-order chi connectivity index (χ1) is 6.20. The van der Waals surface area contributed by atoms with E-state index in [0.29, 0.717) is 6.04 Å². The summed E-state index contributed by atoms with van der Waals surface area (Å²) in [5.41, 5.74) is 1.13. The van der Waals surface area contributed by atoms with Crippen LogP contribution in [0.1, 0.15) is 12.6 Å². The van der Waals surface area contributed by atoms with Gasteiger partial charge >= 0.3 is 0 Å². The van der Waals surface area contributed by atoms with E-state index in [4.69, 9.17) is 0 Å². The molecule has 13 heavy (non-hydrogen) atoms. The Morgan fingerprint density at radius 2 is 2.38 bits per heavy atom. The minimum Gasteiger partial charge on any atom is -0.310 e. The van der Waals surface area contributed by atoms with Crippen LogP contribution in [0.3, 0.4) is 0 Å². The smallest absolute Gasteiger partial charge is 0.0490 e. The highest BCUT2D eigenvalue weighted by molar-refractivity contribution is 4.96. The molecule has 0 aliphatic carbocycles. The molecule has 0 amide bonds. The van der Waals surface area contributed by atoms with Gasteiger partial charge in [0.15, 0.2) is 0 Å². The summed E-state index contributed by atoms with van der Waals surface area (Å²) in [6.07, 6.45) is 1.77. The van der Waals surface area contributed by atoms with Crippen molar-refractivity contribution in [3.63, 3.8) is 0 Å². The molecule has 4 heteroatoms. The highest BCUT2D eigenvalue weighted by Gasteiger charge is 2.02. The Hall–Kier alpha value is -0.870. The molecule has 1 heterocycles. The van der Waals surface area contributed by atoms with Crippen LogP contribution in [0.4, 0.5) is 0 Å². The van der Waals surface area contributed by atoms with E-state index in [0.717, 1.165) is 18.8 Å². The van der Waals surface area contributed by atoms with Gasteiger partial charge in [-0.2, -0.15) is 5.10 Å². The van der Waals surface area contributed by atoms with Gasteiger partial charge in [-0.25, -0.2) is 0 Å². The van der Waals surface area contributed by atoms with Crippen LogP contribution in [0.2, 0.25) is 0 Å². The van der Waals surface area contributed by atoms with Gasteiger partial charge in [0, 0.05) is 31.0 Å². The summed E-state index contributed by atoms with van der Waals surface area (Å²) in [4.78, 5) is 2.19. The summed E-state index contributed by atoms with van der Waals surface area (Å²) >= 11 is 0. The molecule has 0 bridgehead atoms. The van der Waals surface area contributed by atoms with Crippen molar-refractivity contribution in [3.05, 3.63) is 18.0 Å². The van der Waals surface area contributed by atoms with Crippen molar-refractivity contribution >= 4 is 0 Å². The second kappa shape index (κ2) is 4.99. The van der Waals surface area contributed by atoms with Crippen LogP contribution in [0.5, 0.6) is 0 Å². The standard InChI is InChI=1S/C9H18N4/c1-8(13(2)3)6-10-7-9-4-5-11-12-9/h4-5,8,10H,6-7H2,1-3H3,(H,11,12). The molecular weight excluding hydrogens is 164 g/mol. The van der Waals surface area contributed by atoms with E-state index in [-0.39, 0.29) is 0 Å². The van der Waals surface area contributed by atoms with Gasteiger partial charge in [-0.15, -0.1) is 0 Å². The molecule has 0 aliphatic rings. The molecule has 0 saturated heterocycles. The van der Waals surface area contributed by atoms with Gasteiger partial charge in [0.05, 0.1) is 0 Å². The average molecular weight is 182 g/mol. The van der Waals surface area contributed by atoms with Gasteiger partial charge in [-0.05, 0) is 27.1 Å². The molecule has 0 aromatic carbocycles. The highest BCUT2D eigenvalue weighted by atomic mass is 15.1. The van der Waals surface area contributed by atoms with Crippen LogP contribution in [0.25, 0.3) is 0 Å². The Kier molecular flexibility index (Phi) is 3.92. The van der Waals surface area contributed by atoms with Crippen molar-refractivity contribution in [2.24, 2.45) is 0 Å². The largest absolute Gasteiger partial charge is 0.310 e. The second-order valence-corrected chi connectivity index (χ2v) is 3.53. The third-order valence-corrected chi connectivity index (χ3v) is 2.20. The summed E-state index contributed by atoms with van der Waals surface area (Å²) in [5, 5.41) is 10.1. The van der Waals surface area contributed by atoms with Crippen LogP contribution in [0.15, 0.2) is 12.3 Å². The predicted molar refractivity (Wildman–Crippen MR) is 53.4 cm³/mol. The third-order valence-electron chi connectivity index (χ3n) is 2.20. The summed E-state index contributed by atoms with van der Waals surface area (Å²) in [6, 6.07) is 2.54. The maximum absolute atomic E-state index is 3.88.